The standard InChI is InChI=1S/C19H29FN4O/c1-3-21-19(22-9-12-23-10-4-11-23)24-13-15(2)25-18(14-24)16-5-7-17(20)8-6-16/h5-8,15,18H,3-4,9-14H2,1-2H3,(H,21,22). The third kappa shape index (κ3) is 4.92. The van der Waals surface area contributed by atoms with Crippen molar-refractivity contribution in [1.29, 1.82) is 0 Å². The van der Waals surface area contributed by atoms with Crippen LogP contribution in [0.1, 0.15) is 31.9 Å². The number of halogens is 1. The Balaban J connectivity index is 1.66. The molecule has 2 unspecified atom stereocenters. The van der Waals surface area contributed by atoms with Crippen molar-refractivity contribution in [1.82, 2.24) is 15.1 Å². The molecular weight excluding hydrogens is 319 g/mol. The lowest BCUT2D eigenvalue weighted by atomic mass is 10.1. The van der Waals surface area contributed by atoms with Crippen molar-refractivity contribution >= 4 is 5.96 Å². The highest BCUT2D eigenvalue weighted by Crippen LogP contribution is 2.25. The molecule has 2 aliphatic rings. The number of aliphatic imine (C=N–C) groups is 1. The topological polar surface area (TPSA) is 40.1 Å². The molecule has 0 radical (unpaired) electrons. The molecule has 0 aromatic heterocycles. The number of ether oxygens (including phenoxy) is 1. The molecule has 25 heavy (non-hydrogen) atoms. The van der Waals surface area contributed by atoms with Crippen LogP contribution in [0.5, 0.6) is 0 Å². The van der Waals surface area contributed by atoms with Crippen LogP contribution in [0.25, 0.3) is 0 Å². The normalized spacial score (nSPS) is 24.9. The Bertz CT molecular complexity index is 573. The number of hydrogen-bond donors (Lipinski definition) is 1. The van der Waals surface area contributed by atoms with Crippen LogP contribution in [-0.4, -0.2) is 67.7 Å². The largest absolute Gasteiger partial charge is 0.367 e. The second kappa shape index (κ2) is 8.63. The molecule has 0 spiro atoms. The minimum absolute atomic E-state index is 0.0661. The van der Waals surface area contributed by atoms with E-state index in [1.165, 1.54) is 31.6 Å². The van der Waals surface area contributed by atoms with Gasteiger partial charge in [0.05, 0.1) is 19.2 Å². The summed E-state index contributed by atoms with van der Waals surface area (Å²) < 4.78 is 19.3. The van der Waals surface area contributed by atoms with Crippen LogP contribution >= 0.6 is 0 Å². The van der Waals surface area contributed by atoms with Crippen molar-refractivity contribution in [2.24, 2.45) is 4.99 Å². The second-order valence-electron chi connectivity index (χ2n) is 6.82. The fourth-order valence-corrected chi connectivity index (χ4v) is 3.31. The first-order chi connectivity index (χ1) is 12.2. The number of likely N-dealkylation sites (tertiary alicyclic amines) is 1. The first-order valence-electron chi connectivity index (χ1n) is 9.32. The summed E-state index contributed by atoms with van der Waals surface area (Å²) in [5.41, 5.74) is 1.01. The van der Waals surface area contributed by atoms with Gasteiger partial charge in [-0.2, -0.15) is 0 Å². The van der Waals surface area contributed by atoms with Gasteiger partial charge in [-0.05, 0) is 51.1 Å². The number of rotatable bonds is 5. The molecule has 0 bridgehead atoms. The van der Waals surface area contributed by atoms with Crippen LogP contribution in [0, 0.1) is 5.82 Å². The predicted molar refractivity (Wildman–Crippen MR) is 98.3 cm³/mol. The fourth-order valence-electron chi connectivity index (χ4n) is 3.31. The maximum atomic E-state index is 13.2. The van der Waals surface area contributed by atoms with E-state index < -0.39 is 0 Å². The lowest BCUT2D eigenvalue weighted by molar-refractivity contribution is -0.0605. The van der Waals surface area contributed by atoms with Crippen molar-refractivity contribution in [2.45, 2.75) is 32.5 Å². The quantitative estimate of drug-likeness (QED) is 0.655. The number of morpholine rings is 1. The number of nitrogens with one attached hydrogen (secondary N) is 1. The zero-order valence-corrected chi connectivity index (χ0v) is 15.2. The Hall–Kier alpha value is -1.66. The van der Waals surface area contributed by atoms with Crippen LogP contribution in [0.15, 0.2) is 29.3 Å². The van der Waals surface area contributed by atoms with Crippen LogP contribution in [-0.2, 0) is 4.74 Å². The maximum Gasteiger partial charge on any atom is 0.194 e. The Morgan fingerprint density at radius 2 is 2.04 bits per heavy atom. The SMILES string of the molecule is CCNC(=NCCN1CCC1)N1CC(C)OC(c2ccc(F)cc2)C1. The molecule has 0 saturated carbocycles. The van der Waals surface area contributed by atoms with Crippen LogP contribution in [0.2, 0.25) is 0 Å². The molecule has 5 nitrogen and oxygen atoms in total. The summed E-state index contributed by atoms with van der Waals surface area (Å²) in [6, 6.07) is 6.61. The molecule has 1 N–H and O–H groups in total. The highest BCUT2D eigenvalue weighted by atomic mass is 19.1. The number of nitrogens with zero attached hydrogens (tertiary/aromatic N) is 3. The average Bonchev–Trinajstić information content (AvgIpc) is 2.56. The third-order valence-electron chi connectivity index (χ3n) is 4.76. The first-order valence-corrected chi connectivity index (χ1v) is 9.32. The highest BCUT2D eigenvalue weighted by molar-refractivity contribution is 5.80. The predicted octanol–water partition coefficient (Wildman–Crippen LogP) is 2.26. The lowest BCUT2D eigenvalue weighted by Gasteiger charge is -2.39. The molecule has 138 valence electrons. The summed E-state index contributed by atoms with van der Waals surface area (Å²) in [5, 5.41) is 3.41. The fraction of sp³-hybridized carbons (Fsp3) is 0.632. The zero-order valence-electron chi connectivity index (χ0n) is 15.2. The molecule has 2 aliphatic heterocycles. The summed E-state index contributed by atoms with van der Waals surface area (Å²) in [6.45, 7) is 10.8. The van der Waals surface area contributed by atoms with E-state index in [0.717, 1.165) is 44.2 Å². The Morgan fingerprint density at radius 3 is 2.68 bits per heavy atom. The van der Waals surface area contributed by atoms with Gasteiger partial charge in [0.2, 0.25) is 0 Å². The van der Waals surface area contributed by atoms with E-state index in [9.17, 15) is 4.39 Å². The summed E-state index contributed by atoms with van der Waals surface area (Å²) in [6.07, 6.45) is 1.34. The van der Waals surface area contributed by atoms with Gasteiger partial charge < -0.3 is 19.9 Å². The molecule has 0 aliphatic carbocycles. The van der Waals surface area contributed by atoms with Crippen LogP contribution in [0.3, 0.4) is 0 Å². The average molecular weight is 348 g/mol. The first kappa shape index (κ1) is 18.1. The van der Waals surface area contributed by atoms with E-state index in [1.54, 1.807) is 0 Å². The smallest absolute Gasteiger partial charge is 0.194 e. The Morgan fingerprint density at radius 1 is 1.28 bits per heavy atom. The van der Waals surface area contributed by atoms with E-state index in [0.29, 0.717) is 0 Å². The van der Waals surface area contributed by atoms with E-state index in [1.807, 2.05) is 12.1 Å². The molecule has 2 saturated heterocycles. The van der Waals surface area contributed by atoms with E-state index >= 15 is 0 Å². The van der Waals surface area contributed by atoms with Crippen molar-refractivity contribution in [2.75, 3.05) is 45.8 Å². The molecule has 0 amide bonds. The number of hydrogen-bond acceptors (Lipinski definition) is 3. The van der Waals surface area contributed by atoms with Gasteiger partial charge in [0.15, 0.2) is 5.96 Å². The van der Waals surface area contributed by atoms with Gasteiger partial charge in [-0.1, -0.05) is 12.1 Å². The van der Waals surface area contributed by atoms with Gasteiger partial charge >= 0.3 is 0 Å². The van der Waals surface area contributed by atoms with Crippen molar-refractivity contribution in [3.63, 3.8) is 0 Å². The third-order valence-corrected chi connectivity index (χ3v) is 4.76. The van der Waals surface area contributed by atoms with Gasteiger partial charge in [-0.25, -0.2) is 4.39 Å². The molecule has 2 heterocycles. The van der Waals surface area contributed by atoms with Gasteiger partial charge in [0.25, 0.3) is 0 Å². The van der Waals surface area contributed by atoms with E-state index in [-0.39, 0.29) is 18.0 Å². The second-order valence-corrected chi connectivity index (χ2v) is 6.82. The molecular formula is C19H29FN4O. The van der Waals surface area contributed by atoms with Gasteiger partial charge in [-0.3, -0.25) is 4.99 Å². The van der Waals surface area contributed by atoms with E-state index in [4.69, 9.17) is 9.73 Å². The highest BCUT2D eigenvalue weighted by Gasteiger charge is 2.28. The molecule has 1 aromatic carbocycles. The van der Waals surface area contributed by atoms with Gasteiger partial charge in [0, 0.05) is 19.6 Å². The summed E-state index contributed by atoms with van der Waals surface area (Å²) in [5.74, 6) is 0.732. The van der Waals surface area contributed by atoms with Crippen LogP contribution in [0.4, 0.5) is 4.39 Å². The zero-order chi connectivity index (χ0) is 17.6. The monoisotopic (exact) mass is 348 g/mol. The lowest BCUT2D eigenvalue weighted by Crippen LogP contribution is -2.51. The molecule has 3 rings (SSSR count). The minimum atomic E-state index is -0.217. The molecule has 2 fully saturated rings. The molecule has 1 aromatic rings. The Kier molecular flexibility index (Phi) is 6.26. The number of guanidine groups is 1. The van der Waals surface area contributed by atoms with Crippen molar-refractivity contribution in [3.05, 3.63) is 35.6 Å². The van der Waals surface area contributed by atoms with Crippen LogP contribution < -0.4 is 5.32 Å². The summed E-state index contributed by atoms with van der Waals surface area (Å²) in [7, 11) is 0. The van der Waals surface area contributed by atoms with Crippen molar-refractivity contribution in [3.8, 4) is 0 Å². The van der Waals surface area contributed by atoms with E-state index in [2.05, 4.69) is 29.0 Å². The number of benzene rings is 1. The minimum Gasteiger partial charge on any atom is -0.367 e. The van der Waals surface area contributed by atoms with Gasteiger partial charge in [0.1, 0.15) is 11.9 Å². The van der Waals surface area contributed by atoms with Gasteiger partial charge in [-0.15, -0.1) is 0 Å². The maximum absolute atomic E-state index is 13.2. The molecule has 6 heteroatoms. The molecule has 2 atom stereocenters. The summed E-state index contributed by atoms with van der Waals surface area (Å²) >= 11 is 0. The van der Waals surface area contributed by atoms with Crippen molar-refractivity contribution < 1.29 is 9.13 Å². The summed E-state index contributed by atoms with van der Waals surface area (Å²) in [4.78, 5) is 9.50. The Labute approximate surface area is 149 Å².